The average Bonchev–Trinajstić information content (AvgIpc) is 2.69. The molecule has 1 saturated heterocycles. The number of nitrogens with zero attached hydrogens (tertiary/aromatic N) is 2. The van der Waals surface area contributed by atoms with Crippen LogP contribution in [0.3, 0.4) is 0 Å². The van der Waals surface area contributed by atoms with Crippen LogP contribution in [0.5, 0.6) is 0 Å². The number of para-hydroxylation sites is 1. The SMILES string of the molecule is O=C(CCCS(=O)(=O)c1ccccc1)N1CCN(c2ccccc2)CC1. The third kappa shape index (κ3) is 4.64. The van der Waals surface area contributed by atoms with Crippen molar-refractivity contribution in [2.45, 2.75) is 17.7 Å². The van der Waals surface area contributed by atoms with E-state index in [9.17, 15) is 13.2 Å². The number of hydrogen-bond acceptors (Lipinski definition) is 4. The molecule has 1 aliphatic rings. The van der Waals surface area contributed by atoms with Gasteiger partial charge in [-0.15, -0.1) is 0 Å². The van der Waals surface area contributed by atoms with Gasteiger partial charge in [-0.05, 0) is 30.7 Å². The predicted octanol–water partition coefficient (Wildman–Crippen LogP) is 2.59. The highest BCUT2D eigenvalue weighted by Crippen LogP contribution is 2.17. The van der Waals surface area contributed by atoms with Crippen molar-refractivity contribution in [3.05, 3.63) is 60.7 Å². The lowest BCUT2D eigenvalue weighted by Gasteiger charge is -2.36. The van der Waals surface area contributed by atoms with Crippen molar-refractivity contribution in [1.82, 2.24) is 4.90 Å². The Morgan fingerprint density at radius 1 is 0.846 bits per heavy atom. The van der Waals surface area contributed by atoms with Crippen LogP contribution in [-0.2, 0) is 14.6 Å². The van der Waals surface area contributed by atoms with E-state index in [1.54, 1.807) is 30.3 Å². The molecule has 0 unspecified atom stereocenters. The third-order valence-corrected chi connectivity index (χ3v) is 6.48. The highest BCUT2D eigenvalue weighted by molar-refractivity contribution is 7.91. The number of piperazine rings is 1. The number of rotatable bonds is 6. The van der Waals surface area contributed by atoms with E-state index in [0.29, 0.717) is 24.4 Å². The van der Waals surface area contributed by atoms with E-state index in [2.05, 4.69) is 17.0 Å². The normalized spacial score (nSPS) is 15.1. The Balaban J connectivity index is 1.45. The van der Waals surface area contributed by atoms with Crippen LogP contribution in [0.25, 0.3) is 0 Å². The van der Waals surface area contributed by atoms with Gasteiger partial charge in [-0.1, -0.05) is 36.4 Å². The molecule has 0 saturated carbocycles. The van der Waals surface area contributed by atoms with Gasteiger partial charge in [-0.25, -0.2) is 8.42 Å². The maximum Gasteiger partial charge on any atom is 0.222 e. The van der Waals surface area contributed by atoms with Crippen molar-refractivity contribution in [2.75, 3.05) is 36.8 Å². The summed E-state index contributed by atoms with van der Waals surface area (Å²) in [6.45, 7) is 2.97. The molecule has 0 aromatic heterocycles. The maximum absolute atomic E-state index is 12.4. The molecule has 3 rings (SSSR count). The number of carbonyl (C=O) groups excluding carboxylic acids is 1. The minimum absolute atomic E-state index is 0.00668. The van der Waals surface area contributed by atoms with Crippen LogP contribution < -0.4 is 4.90 Å². The zero-order valence-corrected chi connectivity index (χ0v) is 15.6. The van der Waals surface area contributed by atoms with Crippen molar-refractivity contribution in [1.29, 1.82) is 0 Å². The maximum atomic E-state index is 12.4. The van der Waals surface area contributed by atoms with Crippen molar-refractivity contribution in [3.8, 4) is 0 Å². The number of amides is 1. The Hall–Kier alpha value is -2.34. The summed E-state index contributed by atoms with van der Waals surface area (Å²) >= 11 is 0. The van der Waals surface area contributed by atoms with E-state index in [1.807, 2.05) is 23.1 Å². The van der Waals surface area contributed by atoms with Gasteiger partial charge in [0.25, 0.3) is 0 Å². The minimum atomic E-state index is -3.31. The van der Waals surface area contributed by atoms with Crippen LogP contribution in [0, 0.1) is 0 Å². The summed E-state index contributed by atoms with van der Waals surface area (Å²) in [6, 6.07) is 18.6. The summed E-state index contributed by atoms with van der Waals surface area (Å²) < 4.78 is 24.5. The standard InChI is InChI=1S/C20H24N2O3S/c23-20(12-7-17-26(24,25)19-10-5-2-6-11-19)22-15-13-21(14-16-22)18-8-3-1-4-9-18/h1-6,8-11H,7,12-17H2. The van der Waals surface area contributed by atoms with E-state index in [0.717, 1.165) is 13.1 Å². The molecular weight excluding hydrogens is 348 g/mol. The molecular formula is C20H24N2O3S. The lowest BCUT2D eigenvalue weighted by Crippen LogP contribution is -2.48. The Morgan fingerprint density at radius 2 is 1.42 bits per heavy atom. The summed E-state index contributed by atoms with van der Waals surface area (Å²) in [5.41, 5.74) is 1.17. The average molecular weight is 372 g/mol. The van der Waals surface area contributed by atoms with Gasteiger partial charge in [0.15, 0.2) is 9.84 Å². The minimum Gasteiger partial charge on any atom is -0.368 e. The van der Waals surface area contributed by atoms with Crippen LogP contribution in [0.4, 0.5) is 5.69 Å². The van der Waals surface area contributed by atoms with Crippen LogP contribution in [-0.4, -0.2) is 51.2 Å². The molecule has 138 valence electrons. The largest absolute Gasteiger partial charge is 0.368 e. The molecule has 0 N–H and O–H groups in total. The van der Waals surface area contributed by atoms with E-state index >= 15 is 0 Å². The predicted molar refractivity (Wildman–Crippen MR) is 103 cm³/mol. The number of hydrogen-bond donors (Lipinski definition) is 0. The van der Waals surface area contributed by atoms with Gasteiger partial charge < -0.3 is 9.80 Å². The fourth-order valence-corrected chi connectivity index (χ4v) is 4.50. The zero-order valence-electron chi connectivity index (χ0n) is 14.8. The van der Waals surface area contributed by atoms with Gasteiger partial charge >= 0.3 is 0 Å². The van der Waals surface area contributed by atoms with Gasteiger partial charge in [-0.2, -0.15) is 0 Å². The summed E-state index contributed by atoms with van der Waals surface area (Å²) in [6.07, 6.45) is 0.631. The molecule has 1 aliphatic heterocycles. The van der Waals surface area contributed by atoms with Crippen molar-refractivity contribution in [3.63, 3.8) is 0 Å². The second-order valence-corrected chi connectivity index (χ2v) is 8.55. The molecule has 0 spiro atoms. The number of benzene rings is 2. The van der Waals surface area contributed by atoms with Gasteiger partial charge in [0.05, 0.1) is 10.6 Å². The number of anilines is 1. The zero-order chi connectivity index (χ0) is 18.4. The molecule has 0 aliphatic carbocycles. The molecule has 0 radical (unpaired) electrons. The van der Waals surface area contributed by atoms with E-state index in [4.69, 9.17) is 0 Å². The lowest BCUT2D eigenvalue weighted by atomic mass is 10.2. The molecule has 1 heterocycles. The molecule has 6 heteroatoms. The van der Waals surface area contributed by atoms with E-state index < -0.39 is 9.84 Å². The quantitative estimate of drug-likeness (QED) is 0.782. The van der Waals surface area contributed by atoms with Crippen molar-refractivity contribution in [2.24, 2.45) is 0 Å². The Bertz CT molecular complexity index is 815. The van der Waals surface area contributed by atoms with Crippen molar-refractivity contribution >= 4 is 21.4 Å². The van der Waals surface area contributed by atoms with Gasteiger partial charge in [0.2, 0.25) is 5.91 Å². The van der Waals surface area contributed by atoms with Crippen LogP contribution >= 0.6 is 0 Å². The second kappa shape index (κ2) is 8.36. The first kappa shape index (κ1) is 18.5. The van der Waals surface area contributed by atoms with E-state index in [-0.39, 0.29) is 18.1 Å². The smallest absolute Gasteiger partial charge is 0.222 e. The monoisotopic (exact) mass is 372 g/mol. The first-order chi connectivity index (χ1) is 12.6. The molecule has 26 heavy (non-hydrogen) atoms. The van der Waals surface area contributed by atoms with E-state index in [1.165, 1.54) is 5.69 Å². The molecule has 0 bridgehead atoms. The molecule has 2 aromatic carbocycles. The Kier molecular flexibility index (Phi) is 5.93. The Morgan fingerprint density at radius 3 is 2.04 bits per heavy atom. The van der Waals surface area contributed by atoms with Gasteiger partial charge in [0.1, 0.15) is 0 Å². The lowest BCUT2D eigenvalue weighted by molar-refractivity contribution is -0.131. The highest BCUT2D eigenvalue weighted by atomic mass is 32.2. The molecule has 2 aromatic rings. The number of carbonyl (C=O) groups is 1. The first-order valence-corrected chi connectivity index (χ1v) is 10.6. The summed E-state index contributed by atoms with van der Waals surface area (Å²) in [5.74, 6) is 0.0492. The third-order valence-electron chi connectivity index (χ3n) is 4.66. The van der Waals surface area contributed by atoms with Crippen molar-refractivity contribution < 1.29 is 13.2 Å². The fourth-order valence-electron chi connectivity index (χ4n) is 3.17. The van der Waals surface area contributed by atoms with Crippen LogP contribution in [0.2, 0.25) is 0 Å². The summed E-state index contributed by atoms with van der Waals surface area (Å²) in [7, 11) is -3.31. The Labute approximate surface area is 155 Å². The second-order valence-electron chi connectivity index (χ2n) is 6.44. The van der Waals surface area contributed by atoms with Crippen LogP contribution in [0.15, 0.2) is 65.6 Å². The summed E-state index contributed by atoms with van der Waals surface area (Å²) in [4.78, 5) is 16.8. The highest BCUT2D eigenvalue weighted by Gasteiger charge is 2.22. The van der Waals surface area contributed by atoms with Gasteiger partial charge in [-0.3, -0.25) is 4.79 Å². The first-order valence-electron chi connectivity index (χ1n) is 8.92. The topological polar surface area (TPSA) is 57.7 Å². The molecule has 1 fully saturated rings. The molecule has 5 nitrogen and oxygen atoms in total. The fraction of sp³-hybridized carbons (Fsp3) is 0.350. The number of sulfone groups is 1. The molecule has 1 amide bonds. The molecule has 0 atom stereocenters. The van der Waals surface area contributed by atoms with Crippen LogP contribution in [0.1, 0.15) is 12.8 Å². The van der Waals surface area contributed by atoms with Gasteiger partial charge in [0, 0.05) is 38.3 Å². The summed E-state index contributed by atoms with van der Waals surface area (Å²) in [5, 5.41) is 0.